The Kier molecular flexibility index (Phi) is 12.6. The number of Topliss-reactive ketones (excluding diaryl/α,β-unsaturated/α-hetero) is 1. The zero-order valence-corrected chi connectivity index (χ0v) is 31.6. The fourth-order valence-corrected chi connectivity index (χ4v) is 7.56. The SMILES string of the molecule is CCCC(NC(=O)C1C2C(CN1C(=O)C(NS(=O)(=O)C(C)C)C(C)(C)C)C2(C)C)C(=O)C(=O)NCC(=O)NC(C(=O)N(C)C)c1ccccc1. The molecule has 1 aliphatic heterocycles. The topological polar surface area (TPSA) is 191 Å². The summed E-state index contributed by atoms with van der Waals surface area (Å²) in [7, 11) is -0.739. The zero-order chi connectivity index (χ0) is 37.9. The van der Waals surface area contributed by atoms with Crippen molar-refractivity contribution in [2.75, 3.05) is 27.2 Å². The largest absolute Gasteiger partial charge is 0.347 e. The fourth-order valence-electron chi connectivity index (χ4n) is 6.50. The van der Waals surface area contributed by atoms with Crippen molar-refractivity contribution in [3.63, 3.8) is 0 Å². The maximum Gasteiger partial charge on any atom is 0.290 e. The van der Waals surface area contributed by atoms with Crippen LogP contribution in [0.5, 0.6) is 0 Å². The van der Waals surface area contributed by atoms with Gasteiger partial charge in [-0.3, -0.25) is 28.8 Å². The Balaban J connectivity index is 1.75. The summed E-state index contributed by atoms with van der Waals surface area (Å²) < 4.78 is 28.2. The Hall–Kier alpha value is -3.85. The predicted octanol–water partition coefficient (Wildman–Crippen LogP) is 1.13. The van der Waals surface area contributed by atoms with Crippen LogP contribution in [0.15, 0.2) is 30.3 Å². The molecule has 1 heterocycles. The van der Waals surface area contributed by atoms with Crippen LogP contribution in [-0.4, -0.2) is 104 Å². The van der Waals surface area contributed by atoms with E-state index in [2.05, 4.69) is 20.7 Å². The lowest BCUT2D eigenvalue weighted by atomic mass is 9.86. The summed E-state index contributed by atoms with van der Waals surface area (Å²) in [6.45, 7) is 13.7. The number of carbonyl (C=O) groups is 6. The van der Waals surface area contributed by atoms with Crippen molar-refractivity contribution in [1.82, 2.24) is 30.5 Å². The molecule has 0 radical (unpaired) electrons. The van der Waals surface area contributed by atoms with Crippen LogP contribution in [0.1, 0.15) is 79.8 Å². The van der Waals surface area contributed by atoms with Gasteiger partial charge < -0.3 is 25.8 Å². The predicted molar refractivity (Wildman–Crippen MR) is 188 cm³/mol. The molecule has 14 nitrogen and oxygen atoms in total. The maximum atomic E-state index is 14.1. The van der Waals surface area contributed by atoms with Crippen molar-refractivity contribution in [2.24, 2.45) is 22.7 Å². The third-order valence-electron chi connectivity index (χ3n) is 9.75. The van der Waals surface area contributed by atoms with E-state index in [-0.39, 0.29) is 36.1 Å². The number of ketones is 1. The Morgan fingerprint density at radius 3 is 2.12 bits per heavy atom. The monoisotopic (exact) mass is 718 g/mol. The summed E-state index contributed by atoms with van der Waals surface area (Å²) in [5.41, 5.74) is -0.554. The van der Waals surface area contributed by atoms with Gasteiger partial charge >= 0.3 is 0 Å². The van der Waals surface area contributed by atoms with E-state index in [9.17, 15) is 37.2 Å². The van der Waals surface area contributed by atoms with E-state index in [1.807, 2.05) is 13.8 Å². The van der Waals surface area contributed by atoms with Gasteiger partial charge in [-0.2, -0.15) is 0 Å². The highest BCUT2D eigenvalue weighted by Crippen LogP contribution is 2.65. The van der Waals surface area contributed by atoms with E-state index in [1.54, 1.807) is 72.1 Å². The summed E-state index contributed by atoms with van der Waals surface area (Å²) in [6.07, 6.45) is 0.554. The van der Waals surface area contributed by atoms with Crippen LogP contribution in [0, 0.1) is 22.7 Å². The number of nitrogens with zero attached hydrogens (tertiary/aromatic N) is 2. The van der Waals surface area contributed by atoms with E-state index >= 15 is 0 Å². The Bertz CT molecular complexity index is 1570. The lowest BCUT2D eigenvalue weighted by Gasteiger charge is -2.38. The summed E-state index contributed by atoms with van der Waals surface area (Å²) in [4.78, 5) is 82.7. The molecule has 3 rings (SSSR count). The van der Waals surface area contributed by atoms with Crippen molar-refractivity contribution < 1.29 is 37.2 Å². The molecule has 1 aliphatic carbocycles. The second-order valence-corrected chi connectivity index (χ2v) is 17.7. The van der Waals surface area contributed by atoms with Crippen molar-refractivity contribution in [3.05, 3.63) is 35.9 Å². The smallest absolute Gasteiger partial charge is 0.290 e. The first-order valence-corrected chi connectivity index (χ1v) is 18.6. The van der Waals surface area contributed by atoms with Crippen LogP contribution in [0.3, 0.4) is 0 Å². The number of nitrogens with one attached hydrogen (secondary N) is 4. The molecule has 2 aliphatic rings. The molecular weight excluding hydrogens is 664 g/mol. The molecule has 4 N–H and O–H groups in total. The maximum absolute atomic E-state index is 14.1. The number of benzene rings is 1. The van der Waals surface area contributed by atoms with Crippen molar-refractivity contribution in [1.29, 1.82) is 0 Å². The van der Waals surface area contributed by atoms with Crippen LogP contribution in [0.25, 0.3) is 0 Å². The number of carbonyl (C=O) groups excluding carboxylic acids is 6. The number of fused-ring (bicyclic) bond motifs is 1. The zero-order valence-electron chi connectivity index (χ0n) is 30.8. The van der Waals surface area contributed by atoms with E-state index < -0.39 is 80.8 Å². The number of sulfonamides is 1. The standard InChI is InChI=1S/C35H54N6O8S/c1-11-15-23(28(43)31(45)36-18-24(42)38-26(32(46)40(9)10)21-16-13-12-14-17-21)37-30(44)27-25-22(35(25,7)8)19-41(27)33(47)29(34(4,5)6)39-50(48,49)20(2)3/h12-14,16-17,20,22-23,25-27,29,39H,11,15,18-19H2,1-10H3,(H,36,45)(H,37,44)(H,38,42). The highest BCUT2D eigenvalue weighted by Gasteiger charge is 2.70. The van der Waals surface area contributed by atoms with Gasteiger partial charge in [-0.05, 0) is 48.5 Å². The molecule has 0 spiro atoms. The molecule has 1 aromatic carbocycles. The summed E-state index contributed by atoms with van der Waals surface area (Å²) in [5.74, 6) is -4.52. The van der Waals surface area contributed by atoms with Crippen molar-refractivity contribution in [2.45, 2.75) is 97.6 Å². The van der Waals surface area contributed by atoms with Gasteiger partial charge in [0.15, 0.2) is 0 Å². The van der Waals surface area contributed by atoms with Crippen LogP contribution < -0.4 is 20.7 Å². The van der Waals surface area contributed by atoms with Gasteiger partial charge in [0.2, 0.25) is 39.4 Å². The Morgan fingerprint density at radius 2 is 1.60 bits per heavy atom. The first-order chi connectivity index (χ1) is 23.1. The highest BCUT2D eigenvalue weighted by atomic mass is 32.2. The van der Waals surface area contributed by atoms with E-state index in [0.29, 0.717) is 12.0 Å². The van der Waals surface area contributed by atoms with Gasteiger partial charge in [0.1, 0.15) is 18.1 Å². The van der Waals surface area contributed by atoms with Crippen molar-refractivity contribution in [3.8, 4) is 0 Å². The first-order valence-electron chi connectivity index (χ1n) is 17.1. The second kappa shape index (κ2) is 15.6. The highest BCUT2D eigenvalue weighted by molar-refractivity contribution is 7.90. The first kappa shape index (κ1) is 40.6. The number of likely N-dealkylation sites (tertiary alicyclic amines) is 1. The number of hydrogen-bond donors (Lipinski definition) is 4. The summed E-state index contributed by atoms with van der Waals surface area (Å²) in [6, 6.07) is 4.21. The number of piperidine rings is 1. The Labute approximate surface area is 295 Å². The van der Waals surface area contributed by atoms with Gasteiger partial charge in [0, 0.05) is 20.6 Å². The molecule has 15 heteroatoms. The van der Waals surface area contributed by atoms with Gasteiger partial charge in [-0.1, -0.05) is 78.3 Å². The average Bonchev–Trinajstić information content (AvgIpc) is 3.33. The summed E-state index contributed by atoms with van der Waals surface area (Å²) in [5, 5.41) is 6.82. The van der Waals surface area contributed by atoms with Crippen LogP contribution >= 0.6 is 0 Å². The molecule has 6 atom stereocenters. The molecule has 0 bridgehead atoms. The quantitative estimate of drug-likeness (QED) is 0.194. The molecule has 1 saturated heterocycles. The number of hydrogen-bond acceptors (Lipinski definition) is 8. The van der Waals surface area contributed by atoms with Crippen LogP contribution in [0.4, 0.5) is 0 Å². The van der Waals surface area contributed by atoms with Gasteiger partial charge in [-0.15, -0.1) is 0 Å². The number of rotatable bonds is 15. The van der Waals surface area contributed by atoms with E-state index in [0.717, 1.165) is 0 Å². The molecule has 5 amide bonds. The summed E-state index contributed by atoms with van der Waals surface area (Å²) >= 11 is 0. The lowest BCUT2D eigenvalue weighted by Crippen LogP contribution is -2.61. The lowest BCUT2D eigenvalue weighted by molar-refractivity contribution is -0.145. The third-order valence-corrected chi connectivity index (χ3v) is 11.6. The van der Waals surface area contributed by atoms with Crippen LogP contribution in [-0.2, 0) is 38.8 Å². The van der Waals surface area contributed by atoms with Crippen LogP contribution in [0.2, 0.25) is 0 Å². The van der Waals surface area contributed by atoms with Gasteiger partial charge in [0.25, 0.3) is 5.91 Å². The average molecular weight is 719 g/mol. The molecule has 6 unspecified atom stereocenters. The Morgan fingerprint density at radius 1 is 1.00 bits per heavy atom. The normalized spacial score (nSPS) is 21.3. The van der Waals surface area contributed by atoms with E-state index in [4.69, 9.17) is 0 Å². The molecule has 0 aromatic heterocycles. The van der Waals surface area contributed by atoms with E-state index in [1.165, 1.54) is 23.6 Å². The molecule has 50 heavy (non-hydrogen) atoms. The number of amides is 5. The van der Waals surface area contributed by atoms with Crippen molar-refractivity contribution >= 4 is 45.3 Å². The fraction of sp³-hybridized carbons (Fsp3) is 0.657. The van der Waals surface area contributed by atoms with Gasteiger partial charge in [0.05, 0.1) is 17.8 Å². The number of likely N-dealkylation sites (N-methyl/N-ethyl adjacent to an activating group) is 1. The molecule has 1 aromatic rings. The molecule has 2 fully saturated rings. The van der Waals surface area contributed by atoms with Gasteiger partial charge in [-0.25, -0.2) is 13.1 Å². The third kappa shape index (κ3) is 9.08. The minimum Gasteiger partial charge on any atom is -0.347 e. The minimum atomic E-state index is -3.84. The molecule has 278 valence electrons. The second-order valence-electron chi connectivity index (χ2n) is 15.4. The minimum absolute atomic E-state index is 0.00856. The molecule has 1 saturated carbocycles. The molecular formula is C35H54N6O8S.